The number of nitrogens with zero attached hydrogens (tertiary/aromatic N) is 3. The molecule has 5 heteroatoms. The van der Waals surface area contributed by atoms with Crippen LogP contribution in [0.25, 0.3) is 22.6 Å². The molecule has 4 aromatic rings. The fraction of sp³-hybridized carbons (Fsp3) is 0.217. The minimum Gasteiger partial charge on any atom is -0.461 e. The van der Waals surface area contributed by atoms with Gasteiger partial charge in [0.15, 0.2) is 11.6 Å². The molecule has 2 aromatic carbocycles. The summed E-state index contributed by atoms with van der Waals surface area (Å²) in [5.74, 6) is 1.38. The van der Waals surface area contributed by atoms with Gasteiger partial charge < -0.3 is 13.9 Å². The third-order valence-corrected chi connectivity index (χ3v) is 4.83. The first-order chi connectivity index (χ1) is 13.6. The third-order valence-electron chi connectivity index (χ3n) is 4.83. The Morgan fingerprint density at radius 2 is 1.79 bits per heavy atom. The molecule has 0 fully saturated rings. The molecule has 0 radical (unpaired) electrons. The zero-order valence-electron chi connectivity index (χ0n) is 16.1. The van der Waals surface area contributed by atoms with Crippen LogP contribution in [0.15, 0.2) is 77.4 Å². The van der Waals surface area contributed by atoms with Gasteiger partial charge in [-0.15, -0.1) is 0 Å². The average Bonchev–Trinajstić information content (AvgIpc) is 3.35. The molecule has 0 unspecified atom stereocenters. The quantitative estimate of drug-likeness (QED) is 0.491. The van der Waals surface area contributed by atoms with Gasteiger partial charge in [0.1, 0.15) is 6.54 Å². The second kappa shape index (κ2) is 7.72. The van der Waals surface area contributed by atoms with Gasteiger partial charge in [-0.05, 0) is 43.7 Å². The molecule has 0 saturated heterocycles. The van der Waals surface area contributed by atoms with E-state index in [0.717, 1.165) is 16.6 Å². The number of fused-ring (bicyclic) bond motifs is 1. The molecule has 142 valence electrons. The predicted molar refractivity (Wildman–Crippen MR) is 110 cm³/mol. The van der Waals surface area contributed by atoms with Crippen molar-refractivity contribution in [2.45, 2.75) is 33.0 Å². The second-order valence-electron chi connectivity index (χ2n) is 7.09. The fourth-order valence-corrected chi connectivity index (χ4v) is 3.39. The summed E-state index contributed by atoms with van der Waals surface area (Å²) in [7, 11) is 0. The van der Waals surface area contributed by atoms with Gasteiger partial charge in [-0.3, -0.25) is 4.79 Å². The van der Waals surface area contributed by atoms with Gasteiger partial charge in [0, 0.05) is 12.6 Å². The van der Waals surface area contributed by atoms with Crippen molar-refractivity contribution < 1.29 is 9.21 Å². The maximum Gasteiger partial charge on any atom is 0.243 e. The normalized spacial score (nSPS) is 11.2. The number of amides is 1. The molecule has 0 atom stereocenters. The Morgan fingerprint density at radius 1 is 1.04 bits per heavy atom. The molecule has 0 saturated carbocycles. The molecule has 0 aliphatic rings. The number of para-hydroxylation sites is 2. The highest BCUT2D eigenvalue weighted by atomic mass is 16.3. The molecule has 0 aliphatic carbocycles. The maximum atomic E-state index is 13.3. The van der Waals surface area contributed by atoms with Crippen molar-refractivity contribution in [3.05, 3.63) is 78.6 Å². The minimum atomic E-state index is 0.0508. The Hall–Kier alpha value is -3.34. The van der Waals surface area contributed by atoms with Gasteiger partial charge >= 0.3 is 0 Å². The Labute approximate surface area is 164 Å². The number of carbonyl (C=O) groups is 1. The smallest absolute Gasteiger partial charge is 0.243 e. The Kier molecular flexibility index (Phi) is 4.98. The van der Waals surface area contributed by atoms with Crippen LogP contribution in [-0.4, -0.2) is 26.4 Å². The highest BCUT2D eigenvalue weighted by Gasteiger charge is 2.22. The molecule has 0 spiro atoms. The first-order valence-corrected chi connectivity index (χ1v) is 9.46. The molecule has 28 heavy (non-hydrogen) atoms. The predicted octanol–water partition coefficient (Wildman–Crippen LogP) is 4.73. The first kappa shape index (κ1) is 18.0. The van der Waals surface area contributed by atoms with Crippen LogP contribution in [0.3, 0.4) is 0 Å². The van der Waals surface area contributed by atoms with Crippen LogP contribution in [0.4, 0.5) is 0 Å². The van der Waals surface area contributed by atoms with Crippen LogP contribution in [0.2, 0.25) is 0 Å². The number of carbonyl (C=O) groups excluding carboxylic acids is 1. The lowest BCUT2D eigenvalue weighted by atomic mass is 10.2. The van der Waals surface area contributed by atoms with E-state index in [1.165, 1.54) is 0 Å². The van der Waals surface area contributed by atoms with E-state index < -0.39 is 0 Å². The van der Waals surface area contributed by atoms with Crippen LogP contribution < -0.4 is 0 Å². The molecule has 4 rings (SSSR count). The van der Waals surface area contributed by atoms with Crippen molar-refractivity contribution in [3.63, 3.8) is 0 Å². The van der Waals surface area contributed by atoms with Crippen LogP contribution >= 0.6 is 0 Å². The van der Waals surface area contributed by atoms with Crippen LogP contribution in [0.5, 0.6) is 0 Å². The SMILES string of the molecule is CC(C)N(Cc1ccccc1)C(=O)Cn1c(-c2ccco2)nc2ccccc21. The summed E-state index contributed by atoms with van der Waals surface area (Å²) in [5, 5.41) is 0. The van der Waals surface area contributed by atoms with Crippen molar-refractivity contribution in [3.8, 4) is 11.6 Å². The summed E-state index contributed by atoms with van der Waals surface area (Å²) in [6.45, 7) is 4.88. The zero-order chi connectivity index (χ0) is 19.5. The summed E-state index contributed by atoms with van der Waals surface area (Å²) >= 11 is 0. The molecule has 2 aromatic heterocycles. The number of rotatable bonds is 6. The van der Waals surface area contributed by atoms with Gasteiger partial charge in [-0.25, -0.2) is 4.98 Å². The van der Waals surface area contributed by atoms with E-state index in [1.54, 1.807) is 6.26 Å². The standard InChI is InChI=1S/C23H23N3O2/c1-17(2)25(15-18-9-4-3-5-10-18)22(27)16-26-20-12-7-6-11-19(20)24-23(26)21-13-8-14-28-21/h3-14,17H,15-16H2,1-2H3. The minimum absolute atomic E-state index is 0.0508. The van der Waals surface area contributed by atoms with Gasteiger partial charge in [-0.2, -0.15) is 0 Å². The Morgan fingerprint density at radius 3 is 2.50 bits per heavy atom. The lowest BCUT2D eigenvalue weighted by Crippen LogP contribution is -2.38. The number of hydrogen-bond donors (Lipinski definition) is 0. The van der Waals surface area contributed by atoms with Crippen LogP contribution in [-0.2, 0) is 17.9 Å². The van der Waals surface area contributed by atoms with E-state index in [9.17, 15) is 4.79 Å². The van der Waals surface area contributed by atoms with E-state index in [2.05, 4.69) is 0 Å². The van der Waals surface area contributed by atoms with E-state index in [4.69, 9.17) is 9.40 Å². The van der Waals surface area contributed by atoms with Crippen molar-refractivity contribution in [2.75, 3.05) is 0 Å². The van der Waals surface area contributed by atoms with Crippen molar-refractivity contribution in [2.24, 2.45) is 0 Å². The lowest BCUT2D eigenvalue weighted by molar-refractivity contribution is -0.134. The summed E-state index contributed by atoms with van der Waals surface area (Å²) in [6.07, 6.45) is 1.62. The van der Waals surface area contributed by atoms with Gasteiger partial charge in [0.2, 0.25) is 5.91 Å². The van der Waals surface area contributed by atoms with E-state index in [0.29, 0.717) is 18.1 Å². The largest absolute Gasteiger partial charge is 0.461 e. The Bertz CT molecular complexity index is 1070. The van der Waals surface area contributed by atoms with E-state index in [1.807, 2.05) is 90.0 Å². The molecule has 0 bridgehead atoms. The monoisotopic (exact) mass is 373 g/mol. The van der Waals surface area contributed by atoms with Crippen molar-refractivity contribution >= 4 is 16.9 Å². The first-order valence-electron chi connectivity index (χ1n) is 9.46. The second-order valence-corrected chi connectivity index (χ2v) is 7.09. The number of aromatic nitrogens is 2. The van der Waals surface area contributed by atoms with Gasteiger partial charge in [-0.1, -0.05) is 42.5 Å². The third kappa shape index (κ3) is 3.56. The molecule has 5 nitrogen and oxygen atoms in total. The topological polar surface area (TPSA) is 51.3 Å². The molecular formula is C23H23N3O2. The molecule has 0 aliphatic heterocycles. The van der Waals surface area contributed by atoms with E-state index >= 15 is 0 Å². The Balaban J connectivity index is 1.68. The van der Waals surface area contributed by atoms with Crippen LogP contribution in [0, 0.1) is 0 Å². The molecule has 1 amide bonds. The summed E-state index contributed by atoms with van der Waals surface area (Å²) in [5.41, 5.74) is 2.89. The van der Waals surface area contributed by atoms with Crippen molar-refractivity contribution in [1.29, 1.82) is 0 Å². The number of imidazole rings is 1. The highest BCUT2D eigenvalue weighted by Crippen LogP contribution is 2.25. The number of benzene rings is 2. The van der Waals surface area contributed by atoms with E-state index in [-0.39, 0.29) is 18.5 Å². The summed E-state index contributed by atoms with van der Waals surface area (Å²) in [6, 6.07) is 21.7. The zero-order valence-corrected chi connectivity index (χ0v) is 16.1. The molecule has 2 heterocycles. The van der Waals surface area contributed by atoms with Crippen molar-refractivity contribution in [1.82, 2.24) is 14.5 Å². The summed E-state index contributed by atoms with van der Waals surface area (Å²) in [4.78, 5) is 19.9. The van der Waals surface area contributed by atoms with Crippen LogP contribution in [0.1, 0.15) is 19.4 Å². The number of hydrogen-bond acceptors (Lipinski definition) is 3. The average molecular weight is 373 g/mol. The van der Waals surface area contributed by atoms with Gasteiger partial charge in [0.05, 0.1) is 17.3 Å². The molecule has 0 N–H and O–H groups in total. The number of furan rings is 1. The maximum absolute atomic E-state index is 13.3. The lowest BCUT2D eigenvalue weighted by Gasteiger charge is -2.27. The summed E-state index contributed by atoms with van der Waals surface area (Å²) < 4.78 is 7.51. The fourth-order valence-electron chi connectivity index (χ4n) is 3.39. The van der Waals surface area contributed by atoms with Gasteiger partial charge in [0.25, 0.3) is 0 Å². The molecular weight excluding hydrogens is 350 g/mol. The highest BCUT2D eigenvalue weighted by molar-refractivity contribution is 5.84.